The highest BCUT2D eigenvalue weighted by Crippen LogP contribution is 2.18. The smallest absolute Gasteiger partial charge is 0.226 e. The van der Waals surface area contributed by atoms with Crippen molar-refractivity contribution in [1.82, 2.24) is 24.8 Å². The zero-order chi connectivity index (χ0) is 14.5. The number of unbranched alkanes of at least 4 members (excludes halogenated alkanes) is 1. The van der Waals surface area contributed by atoms with Crippen LogP contribution in [0.1, 0.15) is 25.7 Å². The van der Waals surface area contributed by atoms with E-state index in [1.54, 1.807) is 12.4 Å². The maximum Gasteiger partial charge on any atom is 0.226 e. The van der Waals surface area contributed by atoms with Crippen molar-refractivity contribution >= 4 is 28.6 Å². The van der Waals surface area contributed by atoms with Crippen LogP contribution < -0.4 is 5.32 Å². The molecule has 0 bridgehead atoms. The highest BCUT2D eigenvalue weighted by molar-refractivity contribution is 6.28. The molecule has 0 unspecified atom stereocenters. The molecule has 0 atom stereocenters. The number of hydrogen-bond acceptors (Lipinski definition) is 6. The minimum atomic E-state index is 0.197. The van der Waals surface area contributed by atoms with Crippen molar-refractivity contribution in [1.29, 1.82) is 0 Å². The number of aromatic nitrogens is 4. The van der Waals surface area contributed by atoms with Crippen LogP contribution >= 0.6 is 11.6 Å². The van der Waals surface area contributed by atoms with Crippen molar-refractivity contribution in [3.8, 4) is 0 Å². The first-order chi connectivity index (χ1) is 10.3. The second-order valence-corrected chi connectivity index (χ2v) is 5.59. The first-order valence-electron chi connectivity index (χ1n) is 7.43. The Morgan fingerprint density at radius 2 is 1.90 bits per heavy atom. The highest BCUT2D eigenvalue weighted by atomic mass is 35.5. The maximum absolute atomic E-state index is 5.91. The summed E-state index contributed by atoms with van der Waals surface area (Å²) in [5.41, 5.74) is 1.19. The van der Waals surface area contributed by atoms with Gasteiger partial charge in [0.25, 0.3) is 0 Å². The molecular weight excluding hydrogens is 288 g/mol. The summed E-state index contributed by atoms with van der Waals surface area (Å²) in [6.07, 6.45) is 8.23. The molecular formula is C14H19ClN6. The van der Waals surface area contributed by atoms with Crippen LogP contribution in [0.25, 0.3) is 11.2 Å². The SMILES string of the molecule is Clc1nc(NCCCCN2CCCC2)c2nccnc2n1. The standard InChI is InChI=1S/C14H19ClN6/c15-14-19-12(11-13(20-14)18-7-6-16-11)17-5-1-2-8-21-9-3-4-10-21/h6-7H,1-5,8-10H2,(H,17,18,19,20). The normalized spacial score (nSPS) is 15.7. The van der Waals surface area contributed by atoms with Crippen molar-refractivity contribution in [2.45, 2.75) is 25.7 Å². The van der Waals surface area contributed by atoms with E-state index in [1.807, 2.05) is 0 Å². The van der Waals surface area contributed by atoms with Crippen LogP contribution in [0.15, 0.2) is 12.4 Å². The number of anilines is 1. The molecule has 1 fully saturated rings. The number of hydrogen-bond donors (Lipinski definition) is 1. The van der Waals surface area contributed by atoms with Gasteiger partial charge in [0, 0.05) is 18.9 Å². The number of rotatable bonds is 6. The zero-order valence-electron chi connectivity index (χ0n) is 11.9. The van der Waals surface area contributed by atoms with Crippen LogP contribution in [0.2, 0.25) is 5.28 Å². The lowest BCUT2D eigenvalue weighted by Crippen LogP contribution is -2.21. The minimum absolute atomic E-state index is 0.197. The Morgan fingerprint density at radius 3 is 2.76 bits per heavy atom. The number of likely N-dealkylation sites (tertiary alicyclic amines) is 1. The van der Waals surface area contributed by atoms with Gasteiger partial charge in [-0.3, -0.25) is 0 Å². The predicted octanol–water partition coefficient (Wildman–Crippen LogP) is 2.36. The van der Waals surface area contributed by atoms with Crippen LogP contribution in [0.5, 0.6) is 0 Å². The average Bonchev–Trinajstić information content (AvgIpc) is 3.00. The second-order valence-electron chi connectivity index (χ2n) is 5.25. The molecule has 0 amide bonds. The van der Waals surface area contributed by atoms with Crippen LogP contribution in [0.3, 0.4) is 0 Å². The molecule has 0 aliphatic carbocycles. The first kappa shape index (κ1) is 14.4. The Labute approximate surface area is 129 Å². The lowest BCUT2D eigenvalue weighted by Gasteiger charge is -2.14. The fourth-order valence-electron chi connectivity index (χ4n) is 2.63. The zero-order valence-corrected chi connectivity index (χ0v) is 12.7. The Hall–Kier alpha value is -1.53. The summed E-state index contributed by atoms with van der Waals surface area (Å²) in [4.78, 5) is 19.2. The summed E-state index contributed by atoms with van der Waals surface area (Å²) < 4.78 is 0. The van der Waals surface area contributed by atoms with Crippen LogP contribution in [-0.4, -0.2) is 51.0 Å². The number of nitrogens with zero attached hydrogens (tertiary/aromatic N) is 5. The molecule has 3 rings (SSSR count). The Morgan fingerprint density at radius 1 is 1.10 bits per heavy atom. The van der Waals surface area contributed by atoms with Crippen molar-refractivity contribution in [2.75, 3.05) is 31.5 Å². The van der Waals surface area contributed by atoms with Crippen molar-refractivity contribution in [3.05, 3.63) is 17.7 Å². The molecule has 1 N–H and O–H groups in total. The minimum Gasteiger partial charge on any atom is -0.368 e. The number of nitrogens with one attached hydrogen (secondary N) is 1. The fourth-order valence-corrected chi connectivity index (χ4v) is 2.80. The molecule has 2 aromatic heterocycles. The quantitative estimate of drug-likeness (QED) is 0.653. The molecule has 0 saturated carbocycles. The Balaban J connectivity index is 1.52. The van der Waals surface area contributed by atoms with Crippen molar-refractivity contribution in [3.63, 3.8) is 0 Å². The van der Waals surface area contributed by atoms with E-state index >= 15 is 0 Å². The van der Waals surface area contributed by atoms with Gasteiger partial charge in [0.15, 0.2) is 17.0 Å². The first-order valence-corrected chi connectivity index (χ1v) is 7.81. The van der Waals surface area contributed by atoms with E-state index in [0.717, 1.165) is 13.0 Å². The fraction of sp³-hybridized carbons (Fsp3) is 0.571. The summed E-state index contributed by atoms with van der Waals surface area (Å²) in [6, 6.07) is 0. The number of halogens is 1. The summed E-state index contributed by atoms with van der Waals surface area (Å²) in [5.74, 6) is 0.666. The molecule has 0 spiro atoms. The van der Waals surface area contributed by atoms with Crippen LogP contribution in [0, 0.1) is 0 Å². The van der Waals surface area contributed by atoms with Gasteiger partial charge in [-0.25, -0.2) is 9.97 Å². The molecule has 7 heteroatoms. The molecule has 21 heavy (non-hydrogen) atoms. The van der Waals surface area contributed by atoms with Crippen molar-refractivity contribution < 1.29 is 0 Å². The Bertz CT molecular complexity index is 599. The van der Waals surface area contributed by atoms with E-state index < -0.39 is 0 Å². The van der Waals surface area contributed by atoms with Gasteiger partial charge in [-0.05, 0) is 56.9 Å². The van der Waals surface area contributed by atoms with Gasteiger partial charge in [0.1, 0.15) is 0 Å². The maximum atomic E-state index is 5.91. The lowest BCUT2D eigenvalue weighted by molar-refractivity contribution is 0.331. The monoisotopic (exact) mass is 306 g/mol. The molecule has 6 nitrogen and oxygen atoms in total. The predicted molar refractivity (Wildman–Crippen MR) is 83.5 cm³/mol. The van der Waals surface area contributed by atoms with Gasteiger partial charge >= 0.3 is 0 Å². The second kappa shape index (κ2) is 6.95. The van der Waals surface area contributed by atoms with Crippen LogP contribution in [-0.2, 0) is 0 Å². The van der Waals surface area contributed by atoms with Gasteiger partial charge in [0.05, 0.1) is 0 Å². The van der Waals surface area contributed by atoms with E-state index in [0.29, 0.717) is 17.0 Å². The molecule has 3 heterocycles. The van der Waals surface area contributed by atoms with Gasteiger partial charge in [0.2, 0.25) is 5.28 Å². The molecule has 1 aliphatic rings. The number of fused-ring (bicyclic) bond motifs is 1. The van der Waals surface area contributed by atoms with E-state index in [1.165, 1.54) is 38.9 Å². The van der Waals surface area contributed by atoms with E-state index in [9.17, 15) is 0 Å². The lowest BCUT2D eigenvalue weighted by atomic mass is 10.3. The topological polar surface area (TPSA) is 66.8 Å². The molecule has 0 aromatic carbocycles. The molecule has 1 saturated heterocycles. The largest absolute Gasteiger partial charge is 0.368 e. The summed E-state index contributed by atoms with van der Waals surface area (Å²) in [6.45, 7) is 4.56. The van der Waals surface area contributed by atoms with Crippen molar-refractivity contribution in [2.24, 2.45) is 0 Å². The summed E-state index contributed by atoms with van der Waals surface area (Å²) >= 11 is 5.91. The average molecular weight is 307 g/mol. The molecule has 112 valence electrons. The van der Waals surface area contributed by atoms with E-state index in [4.69, 9.17) is 11.6 Å². The highest BCUT2D eigenvalue weighted by Gasteiger charge is 2.11. The third-order valence-corrected chi connectivity index (χ3v) is 3.87. The molecule has 1 aliphatic heterocycles. The van der Waals surface area contributed by atoms with Crippen LogP contribution in [0.4, 0.5) is 5.82 Å². The van der Waals surface area contributed by atoms with E-state index in [2.05, 4.69) is 30.2 Å². The van der Waals surface area contributed by atoms with E-state index in [-0.39, 0.29) is 5.28 Å². The van der Waals surface area contributed by atoms with Gasteiger partial charge < -0.3 is 10.2 Å². The van der Waals surface area contributed by atoms with Gasteiger partial charge in [-0.15, -0.1) is 0 Å². The third kappa shape index (κ3) is 3.77. The summed E-state index contributed by atoms with van der Waals surface area (Å²) in [5, 5.41) is 3.49. The molecule has 0 radical (unpaired) electrons. The van der Waals surface area contributed by atoms with Gasteiger partial charge in [-0.1, -0.05) is 0 Å². The summed E-state index contributed by atoms with van der Waals surface area (Å²) in [7, 11) is 0. The Kier molecular flexibility index (Phi) is 4.77. The van der Waals surface area contributed by atoms with Gasteiger partial charge in [-0.2, -0.15) is 9.97 Å². The molecule has 2 aromatic rings. The third-order valence-electron chi connectivity index (χ3n) is 3.70.